The van der Waals surface area contributed by atoms with Gasteiger partial charge in [0.15, 0.2) is 6.29 Å². The van der Waals surface area contributed by atoms with E-state index in [0.29, 0.717) is 13.2 Å². The van der Waals surface area contributed by atoms with Crippen LogP contribution in [0.4, 0.5) is 0 Å². The van der Waals surface area contributed by atoms with Crippen LogP contribution in [0.2, 0.25) is 0 Å². The summed E-state index contributed by atoms with van der Waals surface area (Å²) in [5.74, 6) is -0.996. The molecule has 0 saturated carbocycles. The second kappa shape index (κ2) is 3.50. The first-order valence-corrected chi connectivity index (χ1v) is 3.34. The molecule has 11 heavy (non-hydrogen) atoms. The number of ether oxygens (including phenoxy) is 2. The summed E-state index contributed by atoms with van der Waals surface area (Å²) in [7, 11) is 0. The number of rotatable bonds is 3. The van der Waals surface area contributed by atoms with E-state index in [1.165, 1.54) is 0 Å². The zero-order valence-corrected chi connectivity index (χ0v) is 6.08. The molecule has 4 nitrogen and oxygen atoms in total. The van der Waals surface area contributed by atoms with Gasteiger partial charge in [-0.25, -0.2) is 4.79 Å². The first kappa shape index (κ1) is 8.23. The van der Waals surface area contributed by atoms with Crippen molar-refractivity contribution >= 4 is 5.97 Å². The lowest BCUT2D eigenvalue weighted by Crippen LogP contribution is -2.12. The maximum atomic E-state index is 10.3. The molecule has 0 spiro atoms. The lowest BCUT2D eigenvalue weighted by Gasteiger charge is -2.07. The van der Waals surface area contributed by atoms with Crippen molar-refractivity contribution in [1.82, 2.24) is 0 Å². The lowest BCUT2D eigenvalue weighted by molar-refractivity contribution is -0.133. The van der Waals surface area contributed by atoms with E-state index in [0.717, 1.165) is 0 Å². The van der Waals surface area contributed by atoms with E-state index < -0.39 is 12.3 Å². The van der Waals surface area contributed by atoms with Crippen LogP contribution >= 0.6 is 0 Å². The Morgan fingerprint density at radius 1 is 1.55 bits per heavy atom. The zero-order valence-electron chi connectivity index (χ0n) is 6.08. The molecule has 0 aromatic rings. The third-order valence-electron chi connectivity index (χ3n) is 1.41. The molecule has 1 saturated heterocycles. The van der Waals surface area contributed by atoms with Crippen LogP contribution in [0, 0.1) is 0 Å². The minimum Gasteiger partial charge on any atom is -0.478 e. The summed E-state index contributed by atoms with van der Waals surface area (Å²) < 4.78 is 10.1. The van der Waals surface area contributed by atoms with E-state index in [-0.39, 0.29) is 12.0 Å². The van der Waals surface area contributed by atoms with Gasteiger partial charge in [-0.3, -0.25) is 0 Å². The third-order valence-corrected chi connectivity index (χ3v) is 1.41. The maximum absolute atomic E-state index is 10.3. The van der Waals surface area contributed by atoms with Gasteiger partial charge < -0.3 is 14.6 Å². The smallest absolute Gasteiger partial charge is 0.331 e. The fourth-order valence-corrected chi connectivity index (χ4v) is 0.814. The average Bonchev–Trinajstić information content (AvgIpc) is 2.39. The number of aliphatic carboxylic acids is 1. The summed E-state index contributed by atoms with van der Waals surface area (Å²) >= 11 is 0. The summed E-state index contributed by atoms with van der Waals surface area (Å²) in [6, 6.07) is 0. The second-order valence-corrected chi connectivity index (χ2v) is 2.28. The van der Waals surface area contributed by atoms with Crippen molar-refractivity contribution in [2.24, 2.45) is 0 Å². The SMILES string of the molecule is C=C(CC1OCCO1)C(=O)O. The highest BCUT2D eigenvalue weighted by atomic mass is 16.7. The Labute approximate surface area is 64.4 Å². The molecular weight excluding hydrogens is 148 g/mol. The molecule has 1 rings (SSSR count). The summed E-state index contributed by atoms with van der Waals surface area (Å²) in [6.07, 6.45) is -0.159. The van der Waals surface area contributed by atoms with Crippen LogP contribution in [0.3, 0.4) is 0 Å². The first-order chi connectivity index (χ1) is 5.20. The van der Waals surface area contributed by atoms with Gasteiger partial charge in [0.2, 0.25) is 0 Å². The quantitative estimate of drug-likeness (QED) is 0.603. The lowest BCUT2D eigenvalue weighted by atomic mass is 10.2. The third kappa shape index (κ3) is 2.32. The van der Waals surface area contributed by atoms with E-state index in [1.807, 2.05) is 0 Å². The van der Waals surface area contributed by atoms with Crippen LogP contribution in [-0.2, 0) is 14.3 Å². The van der Waals surface area contributed by atoms with Crippen molar-refractivity contribution in [2.45, 2.75) is 12.7 Å². The van der Waals surface area contributed by atoms with Gasteiger partial charge in [-0.2, -0.15) is 0 Å². The maximum Gasteiger partial charge on any atom is 0.331 e. The van der Waals surface area contributed by atoms with Gasteiger partial charge in [0.1, 0.15) is 0 Å². The van der Waals surface area contributed by atoms with Gasteiger partial charge in [-0.15, -0.1) is 0 Å². The predicted octanol–water partition coefficient (Wildman–Crippen LogP) is 0.390. The van der Waals surface area contributed by atoms with Crippen LogP contribution in [0.1, 0.15) is 6.42 Å². The summed E-state index contributed by atoms with van der Waals surface area (Å²) in [5, 5.41) is 8.43. The van der Waals surface area contributed by atoms with Crippen LogP contribution in [0.25, 0.3) is 0 Å². The molecule has 0 aromatic carbocycles. The van der Waals surface area contributed by atoms with Gasteiger partial charge in [-0.1, -0.05) is 6.58 Å². The molecule has 0 bridgehead atoms. The van der Waals surface area contributed by atoms with E-state index >= 15 is 0 Å². The van der Waals surface area contributed by atoms with Crippen molar-refractivity contribution in [3.05, 3.63) is 12.2 Å². The summed E-state index contributed by atoms with van der Waals surface area (Å²) in [6.45, 7) is 4.44. The highest BCUT2D eigenvalue weighted by Crippen LogP contribution is 2.12. The van der Waals surface area contributed by atoms with Crippen molar-refractivity contribution in [3.63, 3.8) is 0 Å². The molecule has 0 amide bonds. The second-order valence-electron chi connectivity index (χ2n) is 2.28. The monoisotopic (exact) mass is 158 g/mol. The molecule has 1 N–H and O–H groups in total. The molecule has 1 heterocycles. The Balaban J connectivity index is 2.29. The first-order valence-electron chi connectivity index (χ1n) is 3.34. The molecule has 1 aliphatic heterocycles. The topological polar surface area (TPSA) is 55.8 Å². The minimum atomic E-state index is -0.996. The Morgan fingerprint density at radius 2 is 2.09 bits per heavy atom. The van der Waals surface area contributed by atoms with E-state index in [9.17, 15) is 4.79 Å². The van der Waals surface area contributed by atoms with Crippen LogP contribution < -0.4 is 0 Å². The highest BCUT2D eigenvalue weighted by Gasteiger charge is 2.19. The van der Waals surface area contributed by atoms with Gasteiger partial charge >= 0.3 is 5.97 Å². The van der Waals surface area contributed by atoms with Crippen LogP contribution in [0.15, 0.2) is 12.2 Å². The Kier molecular flexibility index (Phi) is 2.62. The predicted molar refractivity (Wildman–Crippen MR) is 37.1 cm³/mol. The Morgan fingerprint density at radius 3 is 2.55 bits per heavy atom. The molecular formula is C7H10O4. The standard InChI is InChI=1S/C7H10O4/c1-5(7(8)9)4-6-10-2-3-11-6/h6H,1-4H2,(H,8,9). The van der Waals surface area contributed by atoms with Crippen molar-refractivity contribution in [3.8, 4) is 0 Å². The van der Waals surface area contributed by atoms with Crippen molar-refractivity contribution < 1.29 is 19.4 Å². The molecule has 1 fully saturated rings. The summed E-state index contributed by atoms with van der Waals surface area (Å²) in [4.78, 5) is 10.3. The molecule has 0 unspecified atom stereocenters. The summed E-state index contributed by atoms with van der Waals surface area (Å²) in [5.41, 5.74) is 0.122. The number of carbonyl (C=O) groups is 1. The molecule has 1 aliphatic rings. The fraction of sp³-hybridized carbons (Fsp3) is 0.571. The van der Waals surface area contributed by atoms with Crippen molar-refractivity contribution in [2.75, 3.05) is 13.2 Å². The molecule has 4 heteroatoms. The van der Waals surface area contributed by atoms with E-state index in [4.69, 9.17) is 14.6 Å². The Bertz CT molecular complexity index is 169. The highest BCUT2D eigenvalue weighted by molar-refractivity contribution is 5.85. The molecule has 0 radical (unpaired) electrons. The van der Waals surface area contributed by atoms with Gasteiger partial charge in [0.05, 0.1) is 13.2 Å². The number of carboxylic acid groups (broad SMARTS) is 1. The largest absolute Gasteiger partial charge is 0.478 e. The number of carboxylic acids is 1. The number of hydrogen-bond acceptors (Lipinski definition) is 3. The van der Waals surface area contributed by atoms with Crippen LogP contribution in [-0.4, -0.2) is 30.6 Å². The van der Waals surface area contributed by atoms with Crippen LogP contribution in [0.5, 0.6) is 0 Å². The normalized spacial score (nSPS) is 18.5. The zero-order chi connectivity index (χ0) is 8.27. The average molecular weight is 158 g/mol. The molecule has 0 atom stereocenters. The van der Waals surface area contributed by atoms with E-state index in [1.54, 1.807) is 0 Å². The number of hydrogen-bond donors (Lipinski definition) is 1. The van der Waals surface area contributed by atoms with Gasteiger partial charge in [0.25, 0.3) is 0 Å². The van der Waals surface area contributed by atoms with Gasteiger partial charge in [0, 0.05) is 12.0 Å². The van der Waals surface area contributed by atoms with Gasteiger partial charge in [-0.05, 0) is 0 Å². The van der Waals surface area contributed by atoms with E-state index in [2.05, 4.69) is 6.58 Å². The molecule has 0 aromatic heterocycles. The van der Waals surface area contributed by atoms with Crippen molar-refractivity contribution in [1.29, 1.82) is 0 Å². The fourth-order valence-electron chi connectivity index (χ4n) is 0.814. The minimum absolute atomic E-state index is 0.122. The Hall–Kier alpha value is -0.870. The molecule has 62 valence electrons. The molecule has 0 aliphatic carbocycles.